The number of thiazole rings is 1. The summed E-state index contributed by atoms with van der Waals surface area (Å²) in [5.41, 5.74) is 4.16. The summed E-state index contributed by atoms with van der Waals surface area (Å²) in [5.74, 6) is 0. The van der Waals surface area contributed by atoms with E-state index in [1.807, 2.05) is 0 Å². The van der Waals surface area contributed by atoms with Crippen molar-refractivity contribution in [3.63, 3.8) is 0 Å². The van der Waals surface area contributed by atoms with Crippen LogP contribution in [0.25, 0.3) is 10.6 Å². The smallest absolute Gasteiger partial charge is 0.124 e. The fourth-order valence-electron chi connectivity index (χ4n) is 3.60. The Labute approximate surface area is 140 Å². The number of anilines is 1. The molecule has 1 atom stereocenters. The molecule has 2 N–H and O–H groups in total. The number of aromatic nitrogens is 1. The number of hydrogen-bond acceptors (Lipinski definition) is 5. The van der Waals surface area contributed by atoms with E-state index in [1.54, 1.807) is 11.3 Å². The topological polar surface area (TPSA) is 56.6 Å². The van der Waals surface area contributed by atoms with Crippen LogP contribution in [0.1, 0.15) is 47.9 Å². The summed E-state index contributed by atoms with van der Waals surface area (Å²) in [6.07, 6.45) is 4.89. The first-order valence-electron chi connectivity index (χ1n) is 8.43. The molecule has 2 aliphatic rings. The van der Waals surface area contributed by atoms with Crippen LogP contribution in [0.15, 0.2) is 18.2 Å². The molecule has 1 aliphatic carbocycles. The van der Waals surface area contributed by atoms with Gasteiger partial charge in [-0.15, -0.1) is 11.3 Å². The van der Waals surface area contributed by atoms with Crippen LogP contribution in [0.5, 0.6) is 0 Å². The number of aryl methyl sites for hydroxylation is 1. The van der Waals surface area contributed by atoms with Gasteiger partial charge < -0.3 is 15.1 Å². The molecule has 2 aromatic rings. The number of hydrogen-bond donors (Lipinski definition) is 2. The van der Waals surface area contributed by atoms with Crippen molar-refractivity contribution in [3.8, 4) is 10.6 Å². The van der Waals surface area contributed by atoms with E-state index < -0.39 is 0 Å². The Bertz CT molecular complexity index is 707. The van der Waals surface area contributed by atoms with Crippen molar-refractivity contribution in [2.24, 2.45) is 0 Å². The number of fused-ring (bicyclic) bond motifs is 1. The maximum atomic E-state index is 10.2. The van der Waals surface area contributed by atoms with E-state index in [0.29, 0.717) is 0 Å². The van der Waals surface area contributed by atoms with Gasteiger partial charge in [0.2, 0.25) is 0 Å². The molecule has 4 rings (SSSR count). The van der Waals surface area contributed by atoms with Gasteiger partial charge in [-0.05, 0) is 55.9 Å². The van der Waals surface area contributed by atoms with Crippen LogP contribution in [0.4, 0.5) is 5.69 Å². The first-order valence-corrected chi connectivity index (χ1v) is 9.24. The van der Waals surface area contributed by atoms with Crippen LogP contribution >= 0.6 is 11.3 Å². The van der Waals surface area contributed by atoms with E-state index in [9.17, 15) is 10.2 Å². The van der Waals surface area contributed by atoms with Crippen LogP contribution < -0.4 is 4.90 Å². The Morgan fingerprint density at radius 1 is 1.22 bits per heavy atom. The molecule has 1 fully saturated rings. The van der Waals surface area contributed by atoms with Gasteiger partial charge >= 0.3 is 0 Å². The van der Waals surface area contributed by atoms with Gasteiger partial charge in [0, 0.05) is 24.3 Å². The highest BCUT2D eigenvalue weighted by molar-refractivity contribution is 7.15. The number of benzene rings is 1. The van der Waals surface area contributed by atoms with Crippen molar-refractivity contribution in [1.29, 1.82) is 0 Å². The molecule has 4 nitrogen and oxygen atoms in total. The largest absolute Gasteiger partial charge is 0.392 e. The molecule has 5 heteroatoms. The van der Waals surface area contributed by atoms with Crippen molar-refractivity contribution in [2.45, 2.75) is 44.8 Å². The van der Waals surface area contributed by atoms with Gasteiger partial charge in [-0.2, -0.15) is 0 Å². The van der Waals surface area contributed by atoms with E-state index in [2.05, 4.69) is 23.1 Å². The summed E-state index contributed by atoms with van der Waals surface area (Å²) in [7, 11) is 0. The predicted octanol–water partition coefficient (Wildman–Crippen LogP) is 3.27. The minimum Gasteiger partial charge on any atom is -0.392 e. The molecule has 0 saturated carbocycles. The average molecular weight is 330 g/mol. The maximum absolute atomic E-state index is 10.2. The fraction of sp³-hybridized carbons (Fsp3) is 0.500. The Morgan fingerprint density at radius 2 is 2.04 bits per heavy atom. The third-order valence-corrected chi connectivity index (χ3v) is 6.11. The lowest BCUT2D eigenvalue weighted by molar-refractivity contribution is 0.160. The molecule has 0 spiro atoms. The molecule has 23 heavy (non-hydrogen) atoms. The van der Waals surface area contributed by atoms with Crippen LogP contribution in [0.3, 0.4) is 0 Å². The van der Waals surface area contributed by atoms with Gasteiger partial charge in [-0.3, -0.25) is 0 Å². The summed E-state index contributed by atoms with van der Waals surface area (Å²) in [6.45, 7) is 2.22. The molecule has 1 aromatic carbocycles. The highest BCUT2D eigenvalue weighted by Crippen LogP contribution is 2.39. The third kappa shape index (κ3) is 2.77. The summed E-state index contributed by atoms with van der Waals surface area (Å²) in [5, 5.41) is 20.9. The molecule has 1 unspecified atom stereocenters. The van der Waals surface area contributed by atoms with Gasteiger partial charge in [0.05, 0.1) is 23.3 Å². The van der Waals surface area contributed by atoms with Crippen LogP contribution in [0.2, 0.25) is 0 Å². The highest BCUT2D eigenvalue weighted by atomic mass is 32.1. The number of nitrogens with zero attached hydrogens (tertiary/aromatic N) is 2. The lowest BCUT2D eigenvalue weighted by Gasteiger charge is -2.19. The van der Waals surface area contributed by atoms with Gasteiger partial charge in [0.1, 0.15) is 5.01 Å². The summed E-state index contributed by atoms with van der Waals surface area (Å²) in [6, 6.07) is 6.31. The maximum Gasteiger partial charge on any atom is 0.124 e. The Balaban J connectivity index is 1.71. The first kappa shape index (κ1) is 15.1. The molecule has 1 aromatic heterocycles. The van der Waals surface area contributed by atoms with Crippen molar-refractivity contribution < 1.29 is 10.2 Å². The van der Waals surface area contributed by atoms with Crippen molar-refractivity contribution in [1.82, 2.24) is 4.98 Å². The third-order valence-electron chi connectivity index (χ3n) is 4.88. The summed E-state index contributed by atoms with van der Waals surface area (Å²) >= 11 is 1.58. The minimum absolute atomic E-state index is 0.0177. The van der Waals surface area contributed by atoms with Gasteiger partial charge in [-0.1, -0.05) is 0 Å². The number of rotatable bonds is 3. The zero-order valence-corrected chi connectivity index (χ0v) is 14.0. The molecule has 1 aliphatic heterocycles. The van der Waals surface area contributed by atoms with Gasteiger partial charge in [0.15, 0.2) is 0 Å². The summed E-state index contributed by atoms with van der Waals surface area (Å²) in [4.78, 5) is 8.13. The monoisotopic (exact) mass is 330 g/mol. The van der Waals surface area contributed by atoms with E-state index in [4.69, 9.17) is 4.98 Å². The van der Waals surface area contributed by atoms with E-state index in [0.717, 1.165) is 59.1 Å². The molecular formula is C18H22N2O2S. The molecule has 2 heterocycles. The molecule has 0 radical (unpaired) electrons. The molecule has 122 valence electrons. The second-order valence-electron chi connectivity index (χ2n) is 6.43. The molecule has 0 amide bonds. The number of aliphatic hydroxyl groups is 2. The Kier molecular flexibility index (Phi) is 4.09. The number of aliphatic hydroxyl groups excluding tert-OH is 2. The predicted molar refractivity (Wildman–Crippen MR) is 92.8 cm³/mol. The lowest BCUT2D eigenvalue weighted by Crippen LogP contribution is -2.17. The lowest BCUT2D eigenvalue weighted by atomic mass is 10.0. The van der Waals surface area contributed by atoms with Crippen LogP contribution in [-0.4, -0.2) is 28.3 Å². The van der Waals surface area contributed by atoms with Crippen molar-refractivity contribution >= 4 is 17.0 Å². The van der Waals surface area contributed by atoms with Crippen molar-refractivity contribution in [3.05, 3.63) is 34.3 Å². The molecular weight excluding hydrogens is 308 g/mol. The second kappa shape index (κ2) is 6.23. The van der Waals surface area contributed by atoms with Crippen LogP contribution in [-0.2, 0) is 13.0 Å². The first-order chi connectivity index (χ1) is 11.3. The van der Waals surface area contributed by atoms with E-state index in [-0.39, 0.29) is 12.7 Å². The zero-order chi connectivity index (χ0) is 15.8. The second-order valence-corrected chi connectivity index (χ2v) is 7.46. The fourth-order valence-corrected chi connectivity index (χ4v) is 4.80. The Hall–Kier alpha value is -1.43. The minimum atomic E-state index is -0.369. The Morgan fingerprint density at radius 3 is 2.78 bits per heavy atom. The zero-order valence-electron chi connectivity index (χ0n) is 13.2. The molecule has 0 bridgehead atoms. The van der Waals surface area contributed by atoms with Gasteiger partial charge in [-0.25, -0.2) is 4.98 Å². The summed E-state index contributed by atoms with van der Waals surface area (Å²) < 4.78 is 0. The van der Waals surface area contributed by atoms with E-state index in [1.165, 1.54) is 18.5 Å². The van der Waals surface area contributed by atoms with E-state index >= 15 is 0 Å². The average Bonchev–Trinajstić information content (AvgIpc) is 3.24. The highest BCUT2D eigenvalue weighted by Gasteiger charge is 2.24. The quantitative estimate of drug-likeness (QED) is 0.907. The van der Waals surface area contributed by atoms with Gasteiger partial charge in [0.25, 0.3) is 0 Å². The SMILES string of the molecule is OCc1cc(N2CCCC2)ccc1-c1nc2c(s1)C(O)CCC2. The molecule has 1 saturated heterocycles. The standard InChI is InChI=1S/C18H22N2O2S/c21-11-12-10-13(20-8-1-2-9-20)6-7-14(12)18-19-15-4-3-5-16(22)17(15)23-18/h6-7,10,16,21-22H,1-5,8-9,11H2. The van der Waals surface area contributed by atoms with Crippen LogP contribution in [0, 0.1) is 0 Å². The van der Waals surface area contributed by atoms with Crippen molar-refractivity contribution in [2.75, 3.05) is 18.0 Å². The normalized spacial score (nSPS) is 20.8.